The molecule has 0 radical (unpaired) electrons. The average Bonchev–Trinajstić information content (AvgIpc) is 2.28. The molecule has 0 aromatic heterocycles. The summed E-state index contributed by atoms with van der Waals surface area (Å²) in [6.45, 7) is 5.71. The molecule has 98 valence electrons. The highest BCUT2D eigenvalue weighted by atomic mass is 79.9. The fraction of sp³-hybridized carbons (Fsp3) is 0.462. The zero-order valence-corrected chi connectivity index (χ0v) is 12.1. The minimum absolute atomic E-state index is 0.0741. The predicted molar refractivity (Wildman–Crippen MR) is 71.6 cm³/mol. The van der Waals surface area contributed by atoms with E-state index in [0.29, 0.717) is 17.6 Å². The van der Waals surface area contributed by atoms with Gasteiger partial charge in [-0.1, -0.05) is 22.0 Å². The number of rotatable bonds is 2. The van der Waals surface area contributed by atoms with E-state index in [1.54, 1.807) is 11.0 Å². The first-order chi connectivity index (χ1) is 8.40. The number of nitrogens with one attached hydrogen (secondary N) is 1. The largest absolute Gasteiger partial charge is 0.335 e. The Morgan fingerprint density at radius 3 is 2.89 bits per heavy atom. The summed E-state index contributed by atoms with van der Waals surface area (Å²) in [5, 5.41) is 3.18. The molecule has 1 aliphatic heterocycles. The fourth-order valence-electron chi connectivity index (χ4n) is 2.08. The summed E-state index contributed by atoms with van der Waals surface area (Å²) < 4.78 is 13.7. The van der Waals surface area contributed by atoms with Crippen molar-refractivity contribution in [2.75, 3.05) is 13.1 Å². The maximum absolute atomic E-state index is 13.0. The van der Waals surface area contributed by atoms with Gasteiger partial charge in [-0.25, -0.2) is 4.39 Å². The van der Waals surface area contributed by atoms with Crippen LogP contribution >= 0.6 is 15.9 Å². The van der Waals surface area contributed by atoms with Gasteiger partial charge in [0, 0.05) is 24.1 Å². The normalized spacial score (nSPS) is 19.1. The number of carbonyl (C=O) groups is 1. The Kier molecular flexibility index (Phi) is 3.73. The topological polar surface area (TPSA) is 32.3 Å². The van der Waals surface area contributed by atoms with E-state index >= 15 is 0 Å². The Labute approximate surface area is 114 Å². The SMILES string of the molecule is CC1(C)NCCN(Cc2ccc(F)cc2Br)C1=O. The highest BCUT2D eigenvalue weighted by Crippen LogP contribution is 2.22. The quantitative estimate of drug-likeness (QED) is 0.908. The number of halogens is 2. The zero-order valence-electron chi connectivity index (χ0n) is 10.5. The third-order valence-electron chi connectivity index (χ3n) is 3.15. The van der Waals surface area contributed by atoms with E-state index in [0.717, 1.165) is 12.1 Å². The summed E-state index contributed by atoms with van der Waals surface area (Å²) in [7, 11) is 0. The van der Waals surface area contributed by atoms with Crippen LogP contribution < -0.4 is 5.32 Å². The molecule has 1 aromatic carbocycles. The van der Waals surface area contributed by atoms with Gasteiger partial charge in [-0.05, 0) is 31.5 Å². The molecule has 1 N–H and O–H groups in total. The van der Waals surface area contributed by atoms with Crippen LogP contribution in [0, 0.1) is 5.82 Å². The molecule has 0 aliphatic carbocycles. The maximum Gasteiger partial charge on any atom is 0.242 e. The van der Waals surface area contributed by atoms with Gasteiger partial charge in [-0.15, -0.1) is 0 Å². The Morgan fingerprint density at radius 1 is 1.50 bits per heavy atom. The van der Waals surface area contributed by atoms with Gasteiger partial charge >= 0.3 is 0 Å². The zero-order chi connectivity index (χ0) is 13.3. The molecule has 1 fully saturated rings. The molecule has 0 unspecified atom stereocenters. The van der Waals surface area contributed by atoms with Crippen LogP contribution in [0.3, 0.4) is 0 Å². The Bertz CT molecular complexity index is 476. The molecule has 0 atom stereocenters. The van der Waals surface area contributed by atoms with Crippen LogP contribution in [0.5, 0.6) is 0 Å². The number of benzene rings is 1. The molecule has 2 rings (SSSR count). The van der Waals surface area contributed by atoms with E-state index in [1.807, 2.05) is 13.8 Å². The van der Waals surface area contributed by atoms with Gasteiger partial charge in [-0.3, -0.25) is 4.79 Å². The second-order valence-electron chi connectivity index (χ2n) is 5.01. The molecule has 1 aromatic rings. The average molecular weight is 315 g/mol. The molecular weight excluding hydrogens is 299 g/mol. The van der Waals surface area contributed by atoms with Crippen LogP contribution in [0.4, 0.5) is 4.39 Å². The smallest absolute Gasteiger partial charge is 0.242 e. The summed E-state index contributed by atoms with van der Waals surface area (Å²) >= 11 is 3.33. The van der Waals surface area contributed by atoms with Crippen molar-refractivity contribution < 1.29 is 9.18 Å². The first-order valence-corrected chi connectivity index (χ1v) is 6.68. The minimum Gasteiger partial charge on any atom is -0.335 e. The third kappa shape index (κ3) is 2.72. The standard InChI is InChI=1S/C13H16BrFN2O/c1-13(2)12(18)17(6-5-16-13)8-9-3-4-10(15)7-11(9)14/h3-4,7,16H,5-6,8H2,1-2H3. The van der Waals surface area contributed by atoms with Crippen molar-refractivity contribution in [1.82, 2.24) is 10.2 Å². The highest BCUT2D eigenvalue weighted by Gasteiger charge is 2.35. The molecule has 0 saturated carbocycles. The van der Waals surface area contributed by atoms with Crippen LogP contribution in [-0.4, -0.2) is 29.4 Å². The van der Waals surface area contributed by atoms with Crippen molar-refractivity contribution in [3.05, 3.63) is 34.1 Å². The molecule has 1 amide bonds. The van der Waals surface area contributed by atoms with Crippen LogP contribution in [-0.2, 0) is 11.3 Å². The molecule has 3 nitrogen and oxygen atoms in total. The number of carbonyl (C=O) groups excluding carboxylic acids is 1. The van der Waals surface area contributed by atoms with E-state index in [1.165, 1.54) is 12.1 Å². The second kappa shape index (κ2) is 4.97. The Hall–Kier alpha value is -0.940. The van der Waals surface area contributed by atoms with Gasteiger partial charge in [0.25, 0.3) is 0 Å². The van der Waals surface area contributed by atoms with Crippen LogP contribution in [0.25, 0.3) is 0 Å². The molecule has 18 heavy (non-hydrogen) atoms. The fourth-order valence-corrected chi connectivity index (χ4v) is 2.56. The van der Waals surface area contributed by atoms with Gasteiger partial charge in [0.05, 0.1) is 5.54 Å². The summed E-state index contributed by atoms with van der Waals surface area (Å²) in [4.78, 5) is 14.0. The van der Waals surface area contributed by atoms with Crippen molar-refractivity contribution in [1.29, 1.82) is 0 Å². The Morgan fingerprint density at radius 2 is 2.22 bits per heavy atom. The molecule has 5 heteroatoms. The van der Waals surface area contributed by atoms with Crippen molar-refractivity contribution in [3.63, 3.8) is 0 Å². The minimum atomic E-state index is -0.523. The lowest BCUT2D eigenvalue weighted by Gasteiger charge is -2.38. The maximum atomic E-state index is 13.0. The van der Waals surface area contributed by atoms with E-state index in [9.17, 15) is 9.18 Å². The van der Waals surface area contributed by atoms with E-state index in [2.05, 4.69) is 21.2 Å². The highest BCUT2D eigenvalue weighted by molar-refractivity contribution is 9.10. The van der Waals surface area contributed by atoms with Crippen molar-refractivity contribution in [3.8, 4) is 0 Å². The van der Waals surface area contributed by atoms with Crippen LogP contribution in [0.15, 0.2) is 22.7 Å². The van der Waals surface area contributed by atoms with E-state index in [-0.39, 0.29) is 11.7 Å². The summed E-state index contributed by atoms with van der Waals surface area (Å²) in [6, 6.07) is 4.55. The van der Waals surface area contributed by atoms with Gasteiger partial charge in [-0.2, -0.15) is 0 Å². The van der Waals surface area contributed by atoms with E-state index in [4.69, 9.17) is 0 Å². The molecular formula is C13H16BrFN2O. The number of nitrogens with zero attached hydrogens (tertiary/aromatic N) is 1. The third-order valence-corrected chi connectivity index (χ3v) is 3.89. The van der Waals surface area contributed by atoms with Crippen LogP contribution in [0.2, 0.25) is 0 Å². The number of amides is 1. The van der Waals surface area contributed by atoms with Gasteiger partial charge in [0.15, 0.2) is 0 Å². The molecule has 1 saturated heterocycles. The molecule has 0 spiro atoms. The lowest BCUT2D eigenvalue weighted by atomic mass is 10.0. The van der Waals surface area contributed by atoms with Crippen molar-refractivity contribution in [2.24, 2.45) is 0 Å². The first kappa shape index (κ1) is 13.5. The van der Waals surface area contributed by atoms with Gasteiger partial charge in [0.2, 0.25) is 5.91 Å². The summed E-state index contributed by atoms with van der Waals surface area (Å²) in [5.74, 6) is -0.206. The van der Waals surface area contributed by atoms with E-state index < -0.39 is 5.54 Å². The number of hydrogen-bond acceptors (Lipinski definition) is 2. The van der Waals surface area contributed by atoms with Gasteiger partial charge in [0.1, 0.15) is 5.82 Å². The Balaban J connectivity index is 2.16. The summed E-state index contributed by atoms with van der Waals surface area (Å²) in [5.41, 5.74) is 0.396. The lowest BCUT2D eigenvalue weighted by molar-refractivity contribution is -0.140. The molecule has 1 aliphatic rings. The monoisotopic (exact) mass is 314 g/mol. The number of hydrogen-bond donors (Lipinski definition) is 1. The molecule has 0 bridgehead atoms. The second-order valence-corrected chi connectivity index (χ2v) is 5.87. The first-order valence-electron chi connectivity index (χ1n) is 5.88. The number of piperazine rings is 1. The van der Waals surface area contributed by atoms with Crippen molar-refractivity contribution >= 4 is 21.8 Å². The predicted octanol–water partition coefficient (Wildman–Crippen LogP) is 2.30. The molecule has 1 heterocycles. The lowest BCUT2D eigenvalue weighted by Crippen LogP contribution is -2.60. The summed E-state index contributed by atoms with van der Waals surface area (Å²) in [6.07, 6.45) is 0. The van der Waals surface area contributed by atoms with Crippen molar-refractivity contribution in [2.45, 2.75) is 25.9 Å². The van der Waals surface area contributed by atoms with Gasteiger partial charge < -0.3 is 10.2 Å². The van der Waals surface area contributed by atoms with Crippen LogP contribution in [0.1, 0.15) is 19.4 Å².